The van der Waals surface area contributed by atoms with E-state index in [1.54, 1.807) is 19.2 Å². The van der Waals surface area contributed by atoms with Gasteiger partial charge in [-0.1, -0.05) is 37.3 Å². The number of ether oxygens (including phenoxy) is 1. The Labute approximate surface area is 172 Å². The smallest absolute Gasteiger partial charge is 0.191 e. The maximum atomic E-state index is 13.3. The van der Waals surface area contributed by atoms with Crippen LogP contribution in [0.3, 0.4) is 0 Å². The first kappa shape index (κ1) is 22.7. The summed E-state index contributed by atoms with van der Waals surface area (Å²) >= 11 is 0. The number of guanidine groups is 1. The lowest BCUT2D eigenvalue weighted by Crippen LogP contribution is -2.42. The highest BCUT2D eigenvalue weighted by molar-refractivity contribution is 7.89. The maximum absolute atomic E-state index is 13.3. The molecule has 1 atom stereocenters. The number of rotatable bonds is 9. The van der Waals surface area contributed by atoms with Gasteiger partial charge in [-0.2, -0.15) is 0 Å². The van der Waals surface area contributed by atoms with Crippen LogP contribution in [0.1, 0.15) is 24.5 Å². The van der Waals surface area contributed by atoms with Gasteiger partial charge in [-0.05, 0) is 29.7 Å². The molecule has 29 heavy (non-hydrogen) atoms. The molecule has 0 aromatic heterocycles. The van der Waals surface area contributed by atoms with Gasteiger partial charge in [0.25, 0.3) is 0 Å². The first-order valence-electron chi connectivity index (χ1n) is 9.41. The van der Waals surface area contributed by atoms with Gasteiger partial charge in [0.15, 0.2) is 15.8 Å². The lowest BCUT2D eigenvalue weighted by Gasteiger charge is -2.20. The summed E-state index contributed by atoms with van der Waals surface area (Å²) < 4.78 is 41.8. The monoisotopic (exact) mass is 421 g/mol. The van der Waals surface area contributed by atoms with Crippen molar-refractivity contribution in [1.82, 2.24) is 10.6 Å². The van der Waals surface area contributed by atoms with Crippen molar-refractivity contribution >= 4 is 15.8 Å². The second-order valence-electron chi connectivity index (χ2n) is 6.80. The molecule has 2 rings (SSSR count). The third-order valence-electron chi connectivity index (χ3n) is 4.19. The number of aliphatic imine (C=N–C) groups is 1. The molecule has 2 N–H and O–H groups in total. The summed E-state index contributed by atoms with van der Waals surface area (Å²) in [7, 11) is -1.36. The predicted octanol–water partition coefficient (Wildman–Crippen LogP) is 2.89. The summed E-state index contributed by atoms with van der Waals surface area (Å²) in [5.74, 6) is 0.820. The van der Waals surface area contributed by atoms with Crippen LogP contribution < -0.4 is 15.4 Å². The highest BCUT2D eigenvalue weighted by Crippen LogP contribution is 2.14. The van der Waals surface area contributed by atoms with Gasteiger partial charge in [-0.15, -0.1) is 0 Å². The van der Waals surface area contributed by atoms with E-state index < -0.39 is 9.84 Å². The molecule has 0 bridgehead atoms. The number of benzene rings is 2. The number of halogens is 1. The number of hydrogen-bond acceptors (Lipinski definition) is 4. The van der Waals surface area contributed by atoms with Crippen LogP contribution in [-0.2, 0) is 22.1 Å². The highest BCUT2D eigenvalue weighted by atomic mass is 32.2. The molecule has 0 aliphatic heterocycles. The minimum atomic E-state index is -3.04. The van der Waals surface area contributed by atoms with E-state index in [1.807, 2.05) is 31.2 Å². The van der Waals surface area contributed by atoms with Crippen LogP contribution in [0.4, 0.5) is 4.39 Å². The van der Waals surface area contributed by atoms with Crippen LogP contribution in [0.15, 0.2) is 53.5 Å². The minimum absolute atomic E-state index is 0.0354. The van der Waals surface area contributed by atoms with Gasteiger partial charge in [-0.3, -0.25) is 4.99 Å². The summed E-state index contributed by atoms with van der Waals surface area (Å²) in [6, 6.07) is 13.5. The number of sulfone groups is 1. The molecule has 6 nitrogen and oxygen atoms in total. The van der Waals surface area contributed by atoms with Crippen LogP contribution in [0.5, 0.6) is 5.75 Å². The zero-order valence-electron chi connectivity index (χ0n) is 17.0. The standard InChI is InChI=1S/C21H28FN3O3S/c1-4-19(28-20-7-5-6-18(22)12-20)14-25-21(23-2)24-13-16-8-10-17(11-9-16)15-29(3,26)27/h5-12,19H,4,13-15H2,1-3H3,(H2,23,24,25). The Morgan fingerprint density at radius 3 is 2.41 bits per heavy atom. The molecular weight excluding hydrogens is 393 g/mol. The highest BCUT2D eigenvalue weighted by Gasteiger charge is 2.10. The van der Waals surface area contributed by atoms with E-state index in [2.05, 4.69) is 15.6 Å². The molecule has 2 aromatic carbocycles. The Morgan fingerprint density at radius 1 is 1.14 bits per heavy atom. The van der Waals surface area contributed by atoms with E-state index in [4.69, 9.17) is 4.74 Å². The van der Waals surface area contributed by atoms with Crippen LogP contribution >= 0.6 is 0 Å². The Bertz CT molecular complexity index is 915. The lowest BCUT2D eigenvalue weighted by molar-refractivity contribution is 0.199. The topological polar surface area (TPSA) is 79.8 Å². The summed E-state index contributed by atoms with van der Waals surface area (Å²) in [6.45, 7) is 3.06. The summed E-state index contributed by atoms with van der Waals surface area (Å²) in [6.07, 6.45) is 1.84. The lowest BCUT2D eigenvalue weighted by atomic mass is 10.1. The quantitative estimate of drug-likeness (QED) is 0.481. The molecule has 2 aromatic rings. The molecule has 0 fully saturated rings. The molecule has 0 radical (unpaired) electrons. The van der Waals surface area contributed by atoms with Crippen molar-refractivity contribution in [2.45, 2.75) is 31.7 Å². The zero-order chi connectivity index (χ0) is 21.3. The van der Waals surface area contributed by atoms with Gasteiger partial charge in [0.05, 0.1) is 12.3 Å². The van der Waals surface area contributed by atoms with Crippen molar-refractivity contribution in [3.8, 4) is 5.75 Å². The maximum Gasteiger partial charge on any atom is 0.191 e. The van der Waals surface area contributed by atoms with E-state index >= 15 is 0 Å². The second-order valence-corrected chi connectivity index (χ2v) is 8.94. The van der Waals surface area contributed by atoms with E-state index in [0.29, 0.717) is 24.8 Å². The Balaban J connectivity index is 1.83. The first-order valence-corrected chi connectivity index (χ1v) is 11.5. The zero-order valence-corrected chi connectivity index (χ0v) is 17.8. The third kappa shape index (κ3) is 8.51. The Kier molecular flexibility index (Phi) is 8.45. The average Bonchev–Trinajstić information content (AvgIpc) is 2.67. The average molecular weight is 422 g/mol. The van der Waals surface area contributed by atoms with Gasteiger partial charge >= 0.3 is 0 Å². The van der Waals surface area contributed by atoms with Gasteiger partial charge in [0.2, 0.25) is 0 Å². The van der Waals surface area contributed by atoms with Crippen molar-refractivity contribution in [1.29, 1.82) is 0 Å². The molecule has 0 aliphatic carbocycles. The molecule has 0 amide bonds. The van der Waals surface area contributed by atoms with E-state index in [9.17, 15) is 12.8 Å². The van der Waals surface area contributed by atoms with Gasteiger partial charge < -0.3 is 15.4 Å². The second kappa shape index (κ2) is 10.8. The van der Waals surface area contributed by atoms with Crippen molar-refractivity contribution in [2.24, 2.45) is 4.99 Å². The molecule has 0 saturated heterocycles. The fourth-order valence-corrected chi connectivity index (χ4v) is 3.47. The van der Waals surface area contributed by atoms with Crippen molar-refractivity contribution in [3.05, 3.63) is 65.5 Å². The van der Waals surface area contributed by atoms with Gasteiger partial charge in [0.1, 0.15) is 17.7 Å². The predicted molar refractivity (Wildman–Crippen MR) is 114 cm³/mol. The molecule has 8 heteroatoms. The molecule has 0 aliphatic rings. The van der Waals surface area contributed by atoms with Crippen molar-refractivity contribution in [3.63, 3.8) is 0 Å². The van der Waals surface area contributed by atoms with Crippen LogP contribution in [-0.4, -0.2) is 40.3 Å². The summed E-state index contributed by atoms with van der Waals surface area (Å²) in [4.78, 5) is 4.20. The molecule has 158 valence electrons. The number of hydrogen-bond donors (Lipinski definition) is 2. The number of nitrogens with zero attached hydrogens (tertiary/aromatic N) is 1. The SMILES string of the molecule is CCC(CNC(=NC)NCc1ccc(CS(C)(=O)=O)cc1)Oc1cccc(F)c1. The van der Waals surface area contributed by atoms with Crippen molar-refractivity contribution < 1.29 is 17.5 Å². The fourth-order valence-electron chi connectivity index (χ4n) is 2.68. The normalized spacial score (nSPS) is 13.0. The molecule has 0 heterocycles. The fraction of sp³-hybridized carbons (Fsp3) is 0.381. The summed E-state index contributed by atoms with van der Waals surface area (Å²) in [5, 5.41) is 6.42. The Hall–Kier alpha value is -2.61. The number of nitrogens with one attached hydrogen (secondary N) is 2. The van der Waals surface area contributed by atoms with Gasteiger partial charge in [-0.25, -0.2) is 12.8 Å². The van der Waals surface area contributed by atoms with Crippen LogP contribution in [0.25, 0.3) is 0 Å². The summed E-state index contributed by atoms with van der Waals surface area (Å²) in [5.41, 5.74) is 1.77. The third-order valence-corrected chi connectivity index (χ3v) is 5.04. The molecule has 0 saturated carbocycles. The largest absolute Gasteiger partial charge is 0.489 e. The molecular formula is C21H28FN3O3S. The van der Waals surface area contributed by atoms with Crippen LogP contribution in [0.2, 0.25) is 0 Å². The molecule has 0 spiro atoms. The molecule has 1 unspecified atom stereocenters. The minimum Gasteiger partial charge on any atom is -0.489 e. The van der Waals surface area contributed by atoms with E-state index in [0.717, 1.165) is 17.5 Å². The van der Waals surface area contributed by atoms with Gasteiger partial charge in [0, 0.05) is 25.9 Å². The first-order chi connectivity index (χ1) is 13.8. The van der Waals surface area contributed by atoms with Crippen molar-refractivity contribution in [2.75, 3.05) is 19.8 Å². The Morgan fingerprint density at radius 2 is 1.83 bits per heavy atom. The van der Waals surface area contributed by atoms with E-state index in [1.165, 1.54) is 18.4 Å². The van der Waals surface area contributed by atoms with E-state index in [-0.39, 0.29) is 17.7 Å². The van der Waals surface area contributed by atoms with Crippen LogP contribution in [0, 0.1) is 5.82 Å².